The zero-order chi connectivity index (χ0) is 15.9. The average Bonchev–Trinajstić information content (AvgIpc) is 2.61. The van der Waals surface area contributed by atoms with Crippen molar-refractivity contribution in [2.75, 3.05) is 38.2 Å². The Balaban J connectivity index is 1.69. The van der Waals surface area contributed by atoms with E-state index in [9.17, 15) is 5.11 Å². The number of benzene rings is 1. The first-order chi connectivity index (χ1) is 11.2. The summed E-state index contributed by atoms with van der Waals surface area (Å²) < 4.78 is 0. The van der Waals surface area contributed by atoms with Gasteiger partial charge in [0.15, 0.2) is 0 Å². The third-order valence-electron chi connectivity index (χ3n) is 5.96. The van der Waals surface area contributed by atoms with E-state index in [2.05, 4.69) is 52.2 Å². The first-order valence-electron chi connectivity index (χ1n) is 8.63. The number of fused-ring (bicyclic) bond motifs is 2. The Hall–Kier alpha value is -1.65. The maximum Gasteiger partial charge on any atom is 0.136 e. The highest BCUT2D eigenvalue weighted by Crippen LogP contribution is 2.42. The second-order valence-electron chi connectivity index (χ2n) is 7.17. The average molecular weight is 311 g/mol. The standard InChI is InChI=1S/C19H25N3O/c1-21-11-4-8-19(14-23)9-12-22(13-17(19)21)18-16-6-3-2-5-15(16)7-10-20-18/h2-3,5-7,10,17,23H,4,8-9,11-14H2,1H3/t17-,19-/m1/s1. The zero-order valence-electron chi connectivity index (χ0n) is 13.8. The van der Waals surface area contributed by atoms with Crippen molar-refractivity contribution in [1.82, 2.24) is 9.88 Å². The quantitative estimate of drug-likeness (QED) is 0.925. The molecule has 4 nitrogen and oxygen atoms in total. The lowest BCUT2D eigenvalue weighted by molar-refractivity contribution is -0.0277. The van der Waals surface area contributed by atoms with Crippen LogP contribution >= 0.6 is 0 Å². The Morgan fingerprint density at radius 2 is 2.09 bits per heavy atom. The molecule has 0 amide bonds. The topological polar surface area (TPSA) is 39.6 Å². The molecular formula is C19H25N3O. The van der Waals surface area contributed by atoms with Crippen LogP contribution in [0.15, 0.2) is 36.5 Å². The van der Waals surface area contributed by atoms with Gasteiger partial charge < -0.3 is 14.9 Å². The predicted octanol–water partition coefficient (Wildman–Crippen LogP) is 2.52. The van der Waals surface area contributed by atoms with Crippen LogP contribution in [-0.4, -0.2) is 54.3 Å². The second-order valence-corrected chi connectivity index (χ2v) is 7.17. The van der Waals surface area contributed by atoms with Crippen LogP contribution in [0, 0.1) is 5.41 Å². The molecule has 1 aromatic heterocycles. The number of likely N-dealkylation sites (tertiary alicyclic amines) is 1. The summed E-state index contributed by atoms with van der Waals surface area (Å²) in [5.41, 5.74) is 0.0775. The Bertz CT molecular complexity index is 699. The Labute approximate surface area is 137 Å². The molecule has 0 unspecified atom stereocenters. The van der Waals surface area contributed by atoms with Crippen LogP contribution in [0.4, 0.5) is 5.82 Å². The summed E-state index contributed by atoms with van der Waals surface area (Å²) in [6, 6.07) is 11.0. The summed E-state index contributed by atoms with van der Waals surface area (Å²) in [4.78, 5) is 9.55. The molecule has 4 heteroatoms. The van der Waals surface area contributed by atoms with Gasteiger partial charge in [0.2, 0.25) is 0 Å². The molecule has 0 spiro atoms. The second kappa shape index (κ2) is 5.77. The van der Waals surface area contributed by atoms with Gasteiger partial charge in [0, 0.05) is 36.1 Å². The number of aliphatic hydroxyl groups is 1. The van der Waals surface area contributed by atoms with Crippen molar-refractivity contribution in [2.24, 2.45) is 5.41 Å². The minimum absolute atomic E-state index is 0.0775. The molecule has 2 atom stereocenters. The highest BCUT2D eigenvalue weighted by Gasteiger charge is 2.46. The molecule has 122 valence electrons. The third kappa shape index (κ3) is 2.41. The normalized spacial score (nSPS) is 28.8. The Kier molecular flexibility index (Phi) is 3.74. The number of aromatic nitrogens is 1. The minimum Gasteiger partial charge on any atom is -0.396 e. The van der Waals surface area contributed by atoms with Crippen LogP contribution in [0.25, 0.3) is 10.8 Å². The molecule has 3 heterocycles. The van der Waals surface area contributed by atoms with E-state index in [0.29, 0.717) is 12.6 Å². The van der Waals surface area contributed by atoms with Crippen molar-refractivity contribution >= 4 is 16.6 Å². The van der Waals surface area contributed by atoms with E-state index < -0.39 is 0 Å². The minimum atomic E-state index is 0.0775. The number of rotatable bonds is 2. The maximum atomic E-state index is 10.1. The van der Waals surface area contributed by atoms with E-state index >= 15 is 0 Å². The van der Waals surface area contributed by atoms with Gasteiger partial charge in [-0.25, -0.2) is 4.98 Å². The van der Waals surface area contributed by atoms with Gasteiger partial charge in [0.25, 0.3) is 0 Å². The largest absolute Gasteiger partial charge is 0.396 e. The van der Waals surface area contributed by atoms with Crippen molar-refractivity contribution in [3.8, 4) is 0 Å². The lowest BCUT2D eigenvalue weighted by Crippen LogP contribution is -2.61. The smallest absolute Gasteiger partial charge is 0.136 e. The molecule has 2 aliphatic rings. The highest BCUT2D eigenvalue weighted by atomic mass is 16.3. The first kappa shape index (κ1) is 14.9. The third-order valence-corrected chi connectivity index (χ3v) is 5.96. The number of nitrogens with zero attached hydrogens (tertiary/aromatic N) is 3. The fourth-order valence-electron chi connectivity index (χ4n) is 4.56. The number of pyridine rings is 1. The van der Waals surface area contributed by atoms with Gasteiger partial charge in [-0.3, -0.25) is 0 Å². The van der Waals surface area contributed by atoms with Gasteiger partial charge in [-0.05, 0) is 44.3 Å². The van der Waals surface area contributed by atoms with Gasteiger partial charge in [-0.15, -0.1) is 0 Å². The summed E-state index contributed by atoms with van der Waals surface area (Å²) in [7, 11) is 2.20. The zero-order valence-corrected chi connectivity index (χ0v) is 13.8. The molecule has 2 saturated heterocycles. The molecule has 1 aromatic carbocycles. The molecular weight excluding hydrogens is 286 g/mol. The molecule has 0 saturated carbocycles. The molecule has 4 rings (SSSR count). The summed E-state index contributed by atoms with van der Waals surface area (Å²) in [5, 5.41) is 12.5. The Morgan fingerprint density at radius 3 is 2.96 bits per heavy atom. The van der Waals surface area contributed by atoms with Gasteiger partial charge >= 0.3 is 0 Å². The monoisotopic (exact) mass is 311 g/mol. The predicted molar refractivity (Wildman–Crippen MR) is 93.7 cm³/mol. The van der Waals surface area contributed by atoms with Crippen molar-refractivity contribution < 1.29 is 5.11 Å². The van der Waals surface area contributed by atoms with E-state index in [4.69, 9.17) is 0 Å². The van der Waals surface area contributed by atoms with Crippen LogP contribution in [0.5, 0.6) is 0 Å². The van der Waals surface area contributed by atoms with E-state index in [-0.39, 0.29) is 5.41 Å². The van der Waals surface area contributed by atoms with E-state index in [1.807, 2.05) is 6.20 Å². The molecule has 0 radical (unpaired) electrons. The summed E-state index contributed by atoms with van der Waals surface area (Å²) >= 11 is 0. The summed E-state index contributed by atoms with van der Waals surface area (Å²) in [6.07, 6.45) is 5.30. The van der Waals surface area contributed by atoms with Gasteiger partial charge in [0.05, 0.1) is 6.61 Å². The Morgan fingerprint density at radius 1 is 1.22 bits per heavy atom. The highest BCUT2D eigenvalue weighted by molar-refractivity contribution is 5.92. The van der Waals surface area contributed by atoms with Crippen LogP contribution < -0.4 is 4.90 Å². The fraction of sp³-hybridized carbons (Fsp3) is 0.526. The van der Waals surface area contributed by atoms with Crippen LogP contribution in [0.3, 0.4) is 0 Å². The molecule has 2 fully saturated rings. The number of hydrogen-bond donors (Lipinski definition) is 1. The molecule has 0 bridgehead atoms. The van der Waals surface area contributed by atoms with Gasteiger partial charge in [0.1, 0.15) is 5.82 Å². The van der Waals surface area contributed by atoms with Gasteiger partial charge in [-0.2, -0.15) is 0 Å². The van der Waals surface area contributed by atoms with Crippen LogP contribution in [-0.2, 0) is 0 Å². The number of likely N-dealkylation sites (N-methyl/N-ethyl adjacent to an activating group) is 1. The molecule has 23 heavy (non-hydrogen) atoms. The SMILES string of the molecule is CN1CCC[C@]2(CO)CCN(c3nccc4ccccc34)C[C@@H]12. The van der Waals surface area contributed by atoms with Crippen molar-refractivity contribution in [3.05, 3.63) is 36.5 Å². The van der Waals surface area contributed by atoms with E-state index in [0.717, 1.165) is 38.3 Å². The number of aliphatic hydroxyl groups excluding tert-OH is 1. The molecule has 2 aliphatic heterocycles. The lowest BCUT2D eigenvalue weighted by atomic mass is 9.69. The summed E-state index contributed by atoms with van der Waals surface area (Å²) in [6.45, 7) is 3.37. The number of piperidine rings is 2. The first-order valence-corrected chi connectivity index (χ1v) is 8.63. The van der Waals surface area contributed by atoms with E-state index in [1.54, 1.807) is 0 Å². The van der Waals surface area contributed by atoms with Crippen molar-refractivity contribution in [1.29, 1.82) is 0 Å². The van der Waals surface area contributed by atoms with Crippen molar-refractivity contribution in [2.45, 2.75) is 25.3 Å². The lowest BCUT2D eigenvalue weighted by Gasteiger charge is -2.53. The maximum absolute atomic E-state index is 10.1. The van der Waals surface area contributed by atoms with E-state index in [1.165, 1.54) is 17.2 Å². The van der Waals surface area contributed by atoms with Crippen LogP contribution in [0.2, 0.25) is 0 Å². The number of anilines is 1. The molecule has 0 aliphatic carbocycles. The fourth-order valence-corrected chi connectivity index (χ4v) is 4.56. The van der Waals surface area contributed by atoms with Crippen molar-refractivity contribution in [3.63, 3.8) is 0 Å². The molecule has 1 N–H and O–H groups in total. The number of hydrogen-bond acceptors (Lipinski definition) is 4. The van der Waals surface area contributed by atoms with Gasteiger partial charge in [-0.1, -0.05) is 24.3 Å². The van der Waals surface area contributed by atoms with Crippen LogP contribution in [0.1, 0.15) is 19.3 Å². The summed E-state index contributed by atoms with van der Waals surface area (Å²) in [5.74, 6) is 1.09. The molecule has 2 aromatic rings.